The van der Waals surface area contributed by atoms with E-state index >= 15 is 0 Å². The number of ether oxygens (including phenoxy) is 6. The zero-order valence-electron chi connectivity index (χ0n) is 38.2. The Bertz CT molecular complexity index is 2290. The van der Waals surface area contributed by atoms with Crippen LogP contribution in [-0.2, 0) is 41.8 Å². The Labute approximate surface area is 392 Å². The number of methoxy groups -OCH3 is 4. The smallest absolute Gasteiger partial charge is 0.407 e. The molecule has 20 heteroatoms. The van der Waals surface area contributed by atoms with E-state index in [1.165, 1.54) is 14.2 Å². The largest absolute Gasteiger partial charge is 0.488 e. The maximum absolute atomic E-state index is 14.2. The molecular formula is C46H56Cl2N8O10. The summed E-state index contributed by atoms with van der Waals surface area (Å²) in [6, 6.07) is 4.76. The number of carbonyl (C=O) groups excluding carboxylic acids is 4. The normalized spacial score (nSPS) is 20.4. The van der Waals surface area contributed by atoms with E-state index in [0.29, 0.717) is 94.9 Å². The third-order valence-corrected chi connectivity index (χ3v) is 13.5. The molecule has 0 spiro atoms. The molecule has 8 rings (SSSR count). The zero-order valence-corrected chi connectivity index (χ0v) is 39.7. The number of aromatic nitrogens is 4. The van der Waals surface area contributed by atoms with E-state index in [-0.39, 0.29) is 48.9 Å². The van der Waals surface area contributed by atoms with Crippen LogP contribution in [-0.4, -0.2) is 120 Å². The van der Waals surface area contributed by atoms with Gasteiger partial charge in [-0.15, -0.1) is 0 Å². The summed E-state index contributed by atoms with van der Waals surface area (Å²) >= 11 is 13.9. The number of H-pyrrole nitrogens is 2. The number of rotatable bonds is 14. The molecule has 354 valence electrons. The van der Waals surface area contributed by atoms with Crippen LogP contribution in [0.15, 0.2) is 24.3 Å². The maximum atomic E-state index is 14.2. The van der Waals surface area contributed by atoms with Gasteiger partial charge < -0.3 is 58.8 Å². The summed E-state index contributed by atoms with van der Waals surface area (Å²) in [5, 5.41) is 6.02. The standard InChI is InChI=1S/C46H56Cl2N8O10/c1-21(2)35(51-45(59)63-7)43(57)55-27(19-61-5)9-11-29(55)41-49-37(39(47)53-41)23-13-25-17-66-32-16-24(14-26-18-65-31(15-23)33(25)34(26)32)38-40(48)54-42(50-38)30-12-10-28(20-62-6)56(30)44(58)36(22(3)4)52-46(60)64-8/h13-16,21-22,27-30,35-36H,9-12,17-20H2,1-8H3,(H,49,53)(H,50,54)(H,51,59)(H,52,60)/t27-,28-,29+,30+,35+,36+/m1/s1. The minimum Gasteiger partial charge on any atom is -0.488 e. The highest BCUT2D eigenvalue weighted by Crippen LogP contribution is 2.52. The number of aromatic amines is 2. The number of hydrogen-bond acceptors (Lipinski definition) is 12. The molecule has 6 atom stereocenters. The quantitative estimate of drug-likeness (QED) is 0.0978. The summed E-state index contributed by atoms with van der Waals surface area (Å²) < 4.78 is 33.6. The molecule has 0 bridgehead atoms. The van der Waals surface area contributed by atoms with Crippen molar-refractivity contribution in [2.45, 2.75) is 103 Å². The predicted octanol–water partition coefficient (Wildman–Crippen LogP) is 7.34. The molecule has 4 aliphatic heterocycles. The van der Waals surface area contributed by atoms with Gasteiger partial charge in [0.25, 0.3) is 0 Å². The van der Waals surface area contributed by atoms with Gasteiger partial charge in [0, 0.05) is 47.6 Å². The summed E-state index contributed by atoms with van der Waals surface area (Å²) in [5.74, 6) is 1.37. The highest BCUT2D eigenvalue weighted by atomic mass is 35.5. The van der Waals surface area contributed by atoms with Gasteiger partial charge in [-0.2, -0.15) is 0 Å². The topological polar surface area (TPSA) is 212 Å². The maximum Gasteiger partial charge on any atom is 0.407 e. The molecule has 4 aliphatic rings. The van der Waals surface area contributed by atoms with Crippen molar-refractivity contribution in [1.82, 2.24) is 40.4 Å². The molecule has 66 heavy (non-hydrogen) atoms. The highest BCUT2D eigenvalue weighted by molar-refractivity contribution is 6.32. The predicted molar refractivity (Wildman–Crippen MR) is 243 cm³/mol. The lowest BCUT2D eigenvalue weighted by molar-refractivity contribution is -0.139. The molecule has 0 radical (unpaired) electrons. The fraction of sp³-hybridized carbons (Fsp3) is 0.522. The molecule has 2 aromatic heterocycles. The SMILES string of the molecule is COC[C@H]1CC[C@@H](c2nc(-c3cc4c5c(c3)OCc3cc(-c6nc([C@@H]7CC[C@H](COC)N7C(=O)[C@@H](NC(=O)OC)C(C)C)[nH]c6Cl)cc(c3-5)OC4)c(Cl)[nH]2)N1C(=O)[C@@H](NC(=O)OC)C(C)C. The molecule has 4 aromatic rings. The van der Waals surface area contributed by atoms with E-state index < -0.39 is 36.4 Å². The number of likely N-dealkylation sites (tertiary alicyclic amines) is 2. The molecule has 0 saturated carbocycles. The van der Waals surface area contributed by atoms with Crippen LogP contribution in [0.3, 0.4) is 0 Å². The highest BCUT2D eigenvalue weighted by Gasteiger charge is 2.45. The second kappa shape index (κ2) is 19.3. The van der Waals surface area contributed by atoms with Crippen LogP contribution in [0.4, 0.5) is 9.59 Å². The Kier molecular flexibility index (Phi) is 13.8. The third-order valence-electron chi connectivity index (χ3n) is 12.9. The van der Waals surface area contributed by atoms with Crippen LogP contribution in [0.2, 0.25) is 10.3 Å². The molecule has 6 heterocycles. The molecule has 18 nitrogen and oxygen atoms in total. The fourth-order valence-electron chi connectivity index (χ4n) is 9.79. The molecule has 2 fully saturated rings. The van der Waals surface area contributed by atoms with Crippen molar-refractivity contribution in [2.75, 3.05) is 41.7 Å². The average Bonchev–Trinajstić information content (AvgIpc) is 4.10. The second-order valence-corrected chi connectivity index (χ2v) is 18.5. The van der Waals surface area contributed by atoms with Gasteiger partial charge in [0.15, 0.2) is 0 Å². The minimum atomic E-state index is -0.831. The molecule has 4 amide bonds. The average molecular weight is 952 g/mol. The lowest BCUT2D eigenvalue weighted by atomic mass is 9.87. The summed E-state index contributed by atoms with van der Waals surface area (Å²) in [5.41, 5.74) is 6.00. The summed E-state index contributed by atoms with van der Waals surface area (Å²) in [7, 11) is 5.71. The number of halogens is 2. The number of imidazole rings is 2. The van der Waals surface area contributed by atoms with Gasteiger partial charge in [-0.05, 0) is 61.8 Å². The van der Waals surface area contributed by atoms with Crippen molar-refractivity contribution in [3.63, 3.8) is 0 Å². The minimum absolute atomic E-state index is 0.219. The van der Waals surface area contributed by atoms with Crippen LogP contribution in [0.5, 0.6) is 11.5 Å². The number of alkyl carbamates (subject to hydrolysis) is 2. The van der Waals surface area contributed by atoms with Crippen molar-refractivity contribution < 1.29 is 47.6 Å². The molecule has 4 N–H and O–H groups in total. The Balaban J connectivity index is 1.07. The number of benzene rings is 2. The summed E-state index contributed by atoms with van der Waals surface area (Å²) in [6.07, 6.45) is 1.16. The molecule has 0 aliphatic carbocycles. The first-order chi connectivity index (χ1) is 31.7. The number of amides is 4. The summed E-state index contributed by atoms with van der Waals surface area (Å²) in [6.45, 7) is 8.54. The lowest BCUT2D eigenvalue weighted by Gasteiger charge is -2.34. The summed E-state index contributed by atoms with van der Waals surface area (Å²) in [4.78, 5) is 72.9. The van der Waals surface area contributed by atoms with Gasteiger partial charge in [0.1, 0.15) is 70.1 Å². The van der Waals surface area contributed by atoms with E-state index in [9.17, 15) is 19.2 Å². The van der Waals surface area contributed by atoms with Gasteiger partial charge >= 0.3 is 12.2 Å². The Morgan fingerprint density at radius 3 is 1.41 bits per heavy atom. The van der Waals surface area contributed by atoms with Gasteiger partial charge in [-0.3, -0.25) is 9.59 Å². The van der Waals surface area contributed by atoms with E-state index in [0.717, 1.165) is 22.3 Å². The van der Waals surface area contributed by atoms with E-state index in [1.807, 2.05) is 52.0 Å². The van der Waals surface area contributed by atoms with Crippen molar-refractivity contribution in [3.05, 3.63) is 57.3 Å². The zero-order chi connectivity index (χ0) is 47.1. The number of nitrogens with one attached hydrogen (secondary N) is 4. The number of carbonyl (C=O) groups is 4. The first-order valence-corrected chi connectivity index (χ1v) is 22.9. The Hall–Kier alpha value is -5.56. The van der Waals surface area contributed by atoms with Gasteiger partial charge in [-0.25, -0.2) is 19.6 Å². The monoisotopic (exact) mass is 950 g/mol. The molecule has 2 saturated heterocycles. The van der Waals surface area contributed by atoms with E-state index in [1.54, 1.807) is 24.0 Å². The Morgan fingerprint density at radius 2 is 1.06 bits per heavy atom. The van der Waals surface area contributed by atoms with Crippen LogP contribution in [0, 0.1) is 11.8 Å². The van der Waals surface area contributed by atoms with Crippen molar-refractivity contribution >= 4 is 47.2 Å². The number of hydrogen-bond donors (Lipinski definition) is 4. The third kappa shape index (κ3) is 8.75. The van der Waals surface area contributed by atoms with Crippen molar-refractivity contribution in [2.24, 2.45) is 11.8 Å². The molecule has 0 unspecified atom stereocenters. The van der Waals surface area contributed by atoms with Crippen LogP contribution in [0.1, 0.15) is 88.2 Å². The van der Waals surface area contributed by atoms with Crippen molar-refractivity contribution in [3.8, 4) is 45.1 Å². The fourth-order valence-corrected chi connectivity index (χ4v) is 10.3. The first-order valence-electron chi connectivity index (χ1n) is 22.1. The molecular weight excluding hydrogens is 895 g/mol. The van der Waals surface area contributed by atoms with Crippen LogP contribution >= 0.6 is 23.2 Å². The van der Waals surface area contributed by atoms with E-state index in [2.05, 4.69) is 20.6 Å². The second-order valence-electron chi connectivity index (χ2n) is 17.8. The van der Waals surface area contributed by atoms with Crippen LogP contribution < -0.4 is 20.1 Å². The lowest BCUT2D eigenvalue weighted by Crippen LogP contribution is -2.53. The Morgan fingerprint density at radius 1 is 0.667 bits per heavy atom. The number of nitrogens with zero attached hydrogens (tertiary/aromatic N) is 4. The van der Waals surface area contributed by atoms with Gasteiger partial charge in [-0.1, -0.05) is 50.9 Å². The van der Waals surface area contributed by atoms with Crippen LogP contribution in [0.25, 0.3) is 33.6 Å². The van der Waals surface area contributed by atoms with Gasteiger partial charge in [0.05, 0.1) is 51.6 Å². The van der Waals surface area contributed by atoms with Crippen molar-refractivity contribution in [1.29, 1.82) is 0 Å². The molecule has 2 aromatic carbocycles. The van der Waals surface area contributed by atoms with Gasteiger partial charge in [0.2, 0.25) is 11.8 Å². The first kappa shape index (κ1) is 47.0. The van der Waals surface area contributed by atoms with E-state index in [4.69, 9.17) is 61.6 Å².